The van der Waals surface area contributed by atoms with E-state index in [4.69, 9.17) is 4.74 Å². The van der Waals surface area contributed by atoms with E-state index < -0.39 is 0 Å². The van der Waals surface area contributed by atoms with E-state index >= 15 is 0 Å². The van der Waals surface area contributed by atoms with E-state index in [2.05, 4.69) is 10.1 Å². The maximum Gasteiger partial charge on any atom is 0.310 e. The fourth-order valence-corrected chi connectivity index (χ4v) is 1.43. The van der Waals surface area contributed by atoms with Gasteiger partial charge in [-0.15, -0.1) is 0 Å². The van der Waals surface area contributed by atoms with Crippen LogP contribution in [-0.4, -0.2) is 26.1 Å². The quantitative estimate of drug-likeness (QED) is 0.803. The standard InChI is InChI=1S/C12H15NO4/c1-8(14)13-10-4-5-11(16-2)9(6-10)7-12(15)17-3/h4-6H,7H2,1-3H3,(H,13,14). The number of methoxy groups -OCH3 is 2. The molecule has 0 aliphatic rings. The van der Waals surface area contributed by atoms with Gasteiger partial charge in [0.05, 0.1) is 20.6 Å². The highest BCUT2D eigenvalue weighted by Crippen LogP contribution is 2.23. The Kier molecular flexibility index (Phi) is 4.51. The minimum Gasteiger partial charge on any atom is -0.496 e. The fraction of sp³-hybridized carbons (Fsp3) is 0.333. The Labute approximate surface area is 99.7 Å². The molecule has 0 saturated heterocycles. The Hall–Kier alpha value is -2.04. The maximum absolute atomic E-state index is 11.2. The summed E-state index contributed by atoms with van der Waals surface area (Å²) in [7, 11) is 2.85. The van der Waals surface area contributed by atoms with Crippen molar-refractivity contribution in [2.75, 3.05) is 19.5 Å². The summed E-state index contributed by atoms with van der Waals surface area (Å²) in [6, 6.07) is 5.10. The van der Waals surface area contributed by atoms with Gasteiger partial charge in [-0.2, -0.15) is 0 Å². The molecular weight excluding hydrogens is 222 g/mol. The van der Waals surface area contributed by atoms with Crippen molar-refractivity contribution in [2.24, 2.45) is 0 Å². The highest BCUT2D eigenvalue weighted by atomic mass is 16.5. The molecule has 0 aliphatic heterocycles. The molecule has 0 atom stereocenters. The molecule has 0 fully saturated rings. The van der Waals surface area contributed by atoms with Gasteiger partial charge in [0.25, 0.3) is 0 Å². The summed E-state index contributed by atoms with van der Waals surface area (Å²) in [5, 5.41) is 2.64. The zero-order chi connectivity index (χ0) is 12.8. The Balaban J connectivity index is 2.97. The van der Waals surface area contributed by atoms with Crippen LogP contribution in [0.3, 0.4) is 0 Å². The number of rotatable bonds is 4. The predicted octanol–water partition coefficient (Wildman–Crippen LogP) is 1.37. The van der Waals surface area contributed by atoms with E-state index in [0.717, 1.165) is 0 Å². The first kappa shape index (κ1) is 13.0. The van der Waals surface area contributed by atoms with E-state index in [9.17, 15) is 9.59 Å². The van der Waals surface area contributed by atoms with Crippen LogP contribution in [0.2, 0.25) is 0 Å². The largest absolute Gasteiger partial charge is 0.496 e. The van der Waals surface area contributed by atoms with Crippen LogP contribution >= 0.6 is 0 Å². The van der Waals surface area contributed by atoms with Crippen molar-refractivity contribution in [2.45, 2.75) is 13.3 Å². The summed E-state index contributed by atoms with van der Waals surface area (Å²) in [4.78, 5) is 22.1. The second kappa shape index (κ2) is 5.89. The van der Waals surface area contributed by atoms with Crippen molar-refractivity contribution in [1.82, 2.24) is 0 Å². The predicted molar refractivity (Wildman–Crippen MR) is 63.0 cm³/mol. The lowest BCUT2D eigenvalue weighted by Gasteiger charge is -2.10. The Morgan fingerprint density at radius 1 is 1.29 bits per heavy atom. The highest BCUT2D eigenvalue weighted by Gasteiger charge is 2.10. The van der Waals surface area contributed by atoms with Crippen LogP contribution < -0.4 is 10.1 Å². The number of carbonyl (C=O) groups excluding carboxylic acids is 2. The third kappa shape index (κ3) is 3.79. The second-order valence-electron chi connectivity index (χ2n) is 3.46. The molecule has 0 aliphatic carbocycles. The Morgan fingerprint density at radius 2 is 2.00 bits per heavy atom. The molecule has 0 radical (unpaired) electrons. The normalized spacial score (nSPS) is 9.59. The molecule has 0 bridgehead atoms. The van der Waals surface area contributed by atoms with Crippen molar-refractivity contribution in [3.8, 4) is 5.75 Å². The number of hydrogen-bond donors (Lipinski definition) is 1. The number of hydrogen-bond acceptors (Lipinski definition) is 4. The maximum atomic E-state index is 11.2. The van der Waals surface area contributed by atoms with Crippen molar-refractivity contribution in [3.05, 3.63) is 23.8 Å². The lowest BCUT2D eigenvalue weighted by atomic mass is 10.1. The van der Waals surface area contributed by atoms with Crippen LogP contribution in [0.15, 0.2) is 18.2 Å². The number of nitrogens with one attached hydrogen (secondary N) is 1. The van der Waals surface area contributed by atoms with Crippen molar-refractivity contribution >= 4 is 17.6 Å². The number of carbonyl (C=O) groups is 2. The molecule has 5 heteroatoms. The van der Waals surface area contributed by atoms with Gasteiger partial charge >= 0.3 is 5.97 Å². The van der Waals surface area contributed by atoms with E-state index in [1.165, 1.54) is 21.1 Å². The van der Waals surface area contributed by atoms with Gasteiger partial charge < -0.3 is 14.8 Å². The van der Waals surface area contributed by atoms with Crippen LogP contribution in [0.25, 0.3) is 0 Å². The molecule has 0 aromatic heterocycles. The number of anilines is 1. The topological polar surface area (TPSA) is 64.6 Å². The molecule has 1 rings (SSSR count). The molecule has 1 amide bonds. The van der Waals surface area contributed by atoms with Crippen molar-refractivity contribution in [3.63, 3.8) is 0 Å². The minimum atomic E-state index is -0.358. The van der Waals surface area contributed by atoms with Gasteiger partial charge in [-0.1, -0.05) is 0 Å². The summed E-state index contributed by atoms with van der Waals surface area (Å²) in [5.74, 6) is 0.0620. The molecule has 1 aromatic rings. The molecule has 1 N–H and O–H groups in total. The smallest absolute Gasteiger partial charge is 0.310 e. The lowest BCUT2D eigenvalue weighted by molar-refractivity contribution is -0.139. The van der Waals surface area contributed by atoms with E-state index in [0.29, 0.717) is 17.0 Å². The molecule has 0 saturated carbocycles. The van der Waals surface area contributed by atoms with Gasteiger partial charge in [-0.05, 0) is 18.2 Å². The number of amides is 1. The van der Waals surface area contributed by atoms with Gasteiger partial charge in [-0.25, -0.2) is 0 Å². The molecule has 0 unspecified atom stereocenters. The van der Waals surface area contributed by atoms with Gasteiger partial charge in [0.1, 0.15) is 5.75 Å². The van der Waals surface area contributed by atoms with Crippen LogP contribution in [0.5, 0.6) is 5.75 Å². The summed E-state index contributed by atoms with van der Waals surface area (Å²) >= 11 is 0. The monoisotopic (exact) mass is 237 g/mol. The molecule has 0 spiro atoms. The molecule has 0 heterocycles. The average molecular weight is 237 g/mol. The van der Waals surface area contributed by atoms with Gasteiger partial charge in [0.15, 0.2) is 0 Å². The first-order valence-corrected chi connectivity index (χ1v) is 5.08. The highest BCUT2D eigenvalue weighted by molar-refractivity contribution is 5.89. The number of benzene rings is 1. The van der Waals surface area contributed by atoms with Gasteiger partial charge in [0, 0.05) is 18.2 Å². The molecule has 5 nitrogen and oxygen atoms in total. The van der Waals surface area contributed by atoms with Crippen LogP contribution in [0.1, 0.15) is 12.5 Å². The van der Waals surface area contributed by atoms with E-state index in [-0.39, 0.29) is 18.3 Å². The third-order valence-corrected chi connectivity index (χ3v) is 2.16. The summed E-state index contributed by atoms with van der Waals surface area (Å²) in [5.41, 5.74) is 1.29. The van der Waals surface area contributed by atoms with E-state index in [1.54, 1.807) is 18.2 Å². The SMILES string of the molecule is COC(=O)Cc1cc(NC(C)=O)ccc1OC. The molecule has 92 valence electrons. The molecule has 1 aromatic carbocycles. The molecule has 17 heavy (non-hydrogen) atoms. The first-order valence-electron chi connectivity index (χ1n) is 5.08. The van der Waals surface area contributed by atoms with E-state index in [1.807, 2.05) is 0 Å². The Morgan fingerprint density at radius 3 is 2.53 bits per heavy atom. The van der Waals surface area contributed by atoms with Gasteiger partial charge in [-0.3, -0.25) is 9.59 Å². The number of ether oxygens (including phenoxy) is 2. The zero-order valence-electron chi connectivity index (χ0n) is 10.1. The summed E-state index contributed by atoms with van der Waals surface area (Å²) < 4.78 is 9.72. The van der Waals surface area contributed by atoms with Crippen molar-refractivity contribution < 1.29 is 19.1 Å². The lowest BCUT2D eigenvalue weighted by Crippen LogP contribution is -2.09. The van der Waals surface area contributed by atoms with Gasteiger partial charge in [0.2, 0.25) is 5.91 Å². The summed E-state index contributed by atoms with van der Waals surface area (Å²) in [6.07, 6.45) is 0.104. The third-order valence-electron chi connectivity index (χ3n) is 2.16. The van der Waals surface area contributed by atoms with Crippen LogP contribution in [-0.2, 0) is 20.7 Å². The van der Waals surface area contributed by atoms with Crippen LogP contribution in [0, 0.1) is 0 Å². The molecular formula is C12H15NO4. The summed E-state index contributed by atoms with van der Waals surface area (Å²) in [6.45, 7) is 1.42. The fourth-order valence-electron chi connectivity index (χ4n) is 1.43. The zero-order valence-corrected chi connectivity index (χ0v) is 10.1. The minimum absolute atomic E-state index is 0.104. The average Bonchev–Trinajstić information content (AvgIpc) is 2.28. The number of esters is 1. The first-order chi connectivity index (χ1) is 8.06. The van der Waals surface area contributed by atoms with Crippen LogP contribution in [0.4, 0.5) is 5.69 Å². The second-order valence-corrected chi connectivity index (χ2v) is 3.46. The van der Waals surface area contributed by atoms with Crippen molar-refractivity contribution in [1.29, 1.82) is 0 Å². The Bertz CT molecular complexity index is 429.